The average molecular weight is 253 g/mol. The standard InChI is InChI=1S/C10H18F3N3O/c1-8(14)6-9(17)16-4-2-15(3-5-16)7-10(11,12)13/h8H,2-7,14H2,1H3. The number of hydrogen-bond donors (Lipinski definition) is 1. The summed E-state index contributed by atoms with van der Waals surface area (Å²) in [7, 11) is 0. The minimum absolute atomic E-state index is 0.0772. The van der Waals surface area contributed by atoms with Gasteiger partial charge in [0.05, 0.1) is 6.54 Å². The molecule has 1 aliphatic heterocycles. The highest BCUT2D eigenvalue weighted by atomic mass is 19.4. The Morgan fingerprint density at radius 2 is 1.82 bits per heavy atom. The molecule has 17 heavy (non-hydrogen) atoms. The van der Waals surface area contributed by atoms with Crippen LogP contribution in [0.3, 0.4) is 0 Å². The maximum atomic E-state index is 12.1. The molecule has 0 aliphatic carbocycles. The average Bonchev–Trinajstić information content (AvgIpc) is 2.15. The molecule has 1 saturated heterocycles. The van der Waals surface area contributed by atoms with E-state index < -0.39 is 12.7 Å². The van der Waals surface area contributed by atoms with Crippen molar-refractivity contribution >= 4 is 5.91 Å². The second-order valence-corrected chi connectivity index (χ2v) is 4.45. The summed E-state index contributed by atoms with van der Waals surface area (Å²) in [5.74, 6) is -0.0772. The molecule has 0 spiro atoms. The van der Waals surface area contributed by atoms with Gasteiger partial charge in [-0.15, -0.1) is 0 Å². The first-order valence-corrected chi connectivity index (χ1v) is 5.60. The molecule has 0 aromatic rings. The van der Waals surface area contributed by atoms with Crippen molar-refractivity contribution in [1.29, 1.82) is 0 Å². The van der Waals surface area contributed by atoms with Gasteiger partial charge in [-0.05, 0) is 6.92 Å². The largest absolute Gasteiger partial charge is 0.401 e. The summed E-state index contributed by atoms with van der Waals surface area (Å²) >= 11 is 0. The van der Waals surface area contributed by atoms with E-state index in [0.29, 0.717) is 13.1 Å². The summed E-state index contributed by atoms with van der Waals surface area (Å²) < 4.78 is 36.4. The third-order valence-corrected chi connectivity index (χ3v) is 2.62. The van der Waals surface area contributed by atoms with Crippen molar-refractivity contribution in [3.8, 4) is 0 Å². The molecule has 1 amide bonds. The van der Waals surface area contributed by atoms with Crippen LogP contribution >= 0.6 is 0 Å². The van der Waals surface area contributed by atoms with Crippen LogP contribution in [0.15, 0.2) is 0 Å². The number of nitrogens with zero attached hydrogens (tertiary/aromatic N) is 2. The summed E-state index contributed by atoms with van der Waals surface area (Å²) in [6, 6.07) is -0.212. The zero-order valence-corrected chi connectivity index (χ0v) is 9.83. The molecule has 0 saturated carbocycles. The van der Waals surface area contributed by atoms with Gasteiger partial charge in [-0.3, -0.25) is 9.69 Å². The third kappa shape index (κ3) is 5.36. The van der Waals surface area contributed by atoms with Crippen molar-refractivity contribution in [3.63, 3.8) is 0 Å². The topological polar surface area (TPSA) is 49.6 Å². The highest BCUT2D eigenvalue weighted by Gasteiger charge is 2.32. The Morgan fingerprint density at radius 3 is 2.24 bits per heavy atom. The van der Waals surface area contributed by atoms with Crippen molar-refractivity contribution in [2.24, 2.45) is 5.73 Å². The number of hydrogen-bond acceptors (Lipinski definition) is 3. The lowest BCUT2D eigenvalue weighted by molar-refractivity contribution is -0.151. The molecule has 7 heteroatoms. The lowest BCUT2D eigenvalue weighted by Crippen LogP contribution is -2.51. The molecule has 1 rings (SSSR count). The molecule has 4 nitrogen and oxygen atoms in total. The molecule has 1 heterocycles. The van der Waals surface area contributed by atoms with Crippen LogP contribution in [0.5, 0.6) is 0 Å². The number of piperazine rings is 1. The summed E-state index contributed by atoms with van der Waals surface area (Å²) in [4.78, 5) is 14.5. The van der Waals surface area contributed by atoms with Gasteiger partial charge >= 0.3 is 6.18 Å². The Balaban J connectivity index is 2.33. The molecule has 0 aromatic carbocycles. The van der Waals surface area contributed by atoms with Gasteiger partial charge in [0.25, 0.3) is 0 Å². The molecule has 2 N–H and O–H groups in total. The SMILES string of the molecule is CC(N)CC(=O)N1CCN(CC(F)(F)F)CC1. The Labute approximate surface area is 98.5 Å². The maximum absolute atomic E-state index is 12.1. The summed E-state index contributed by atoms with van der Waals surface area (Å²) in [5.41, 5.74) is 5.50. The Kier molecular flexibility index (Phi) is 4.76. The normalized spacial score (nSPS) is 20.4. The lowest BCUT2D eigenvalue weighted by atomic mass is 10.2. The Bertz CT molecular complexity index is 260. The van der Waals surface area contributed by atoms with Crippen LogP contribution in [0.2, 0.25) is 0 Å². The second kappa shape index (κ2) is 5.68. The van der Waals surface area contributed by atoms with Gasteiger partial charge in [0.15, 0.2) is 0 Å². The number of alkyl halides is 3. The first-order chi connectivity index (χ1) is 7.78. The summed E-state index contributed by atoms with van der Waals surface area (Å²) in [6.45, 7) is 2.07. The van der Waals surface area contributed by atoms with Crippen molar-refractivity contribution in [1.82, 2.24) is 9.80 Å². The molecule has 1 atom stereocenters. The summed E-state index contributed by atoms with van der Waals surface area (Å²) in [6.07, 6.45) is -3.92. The minimum Gasteiger partial charge on any atom is -0.340 e. The molecule has 1 unspecified atom stereocenters. The fourth-order valence-electron chi connectivity index (χ4n) is 1.81. The molecular formula is C10H18F3N3O. The molecular weight excluding hydrogens is 235 g/mol. The number of carbonyl (C=O) groups excluding carboxylic acids is 1. The molecule has 0 aromatic heterocycles. The fraction of sp³-hybridized carbons (Fsp3) is 0.900. The number of rotatable bonds is 3. The van der Waals surface area contributed by atoms with Crippen LogP contribution in [-0.4, -0.2) is 60.6 Å². The van der Waals surface area contributed by atoms with Crippen LogP contribution in [0, 0.1) is 0 Å². The highest BCUT2D eigenvalue weighted by molar-refractivity contribution is 5.76. The first-order valence-electron chi connectivity index (χ1n) is 5.60. The van der Waals surface area contributed by atoms with Crippen LogP contribution in [-0.2, 0) is 4.79 Å². The maximum Gasteiger partial charge on any atom is 0.401 e. The number of halogens is 3. The van der Waals surface area contributed by atoms with Crippen molar-refractivity contribution in [2.75, 3.05) is 32.7 Å². The van der Waals surface area contributed by atoms with E-state index in [1.54, 1.807) is 11.8 Å². The molecule has 0 bridgehead atoms. The van der Waals surface area contributed by atoms with Gasteiger partial charge in [0.2, 0.25) is 5.91 Å². The minimum atomic E-state index is -4.17. The van der Waals surface area contributed by atoms with E-state index in [1.165, 1.54) is 4.90 Å². The van der Waals surface area contributed by atoms with E-state index in [2.05, 4.69) is 0 Å². The zero-order chi connectivity index (χ0) is 13.1. The van der Waals surface area contributed by atoms with Gasteiger partial charge < -0.3 is 10.6 Å². The first kappa shape index (κ1) is 14.2. The monoisotopic (exact) mass is 253 g/mol. The van der Waals surface area contributed by atoms with Crippen molar-refractivity contribution in [2.45, 2.75) is 25.6 Å². The molecule has 1 aliphatic rings. The zero-order valence-electron chi connectivity index (χ0n) is 9.83. The Morgan fingerprint density at radius 1 is 1.29 bits per heavy atom. The van der Waals surface area contributed by atoms with E-state index in [4.69, 9.17) is 5.73 Å². The van der Waals surface area contributed by atoms with Gasteiger partial charge in [-0.25, -0.2) is 0 Å². The third-order valence-electron chi connectivity index (χ3n) is 2.62. The second-order valence-electron chi connectivity index (χ2n) is 4.45. The quantitative estimate of drug-likeness (QED) is 0.793. The predicted octanol–water partition coefficient (Wildman–Crippen LogP) is 0.430. The van der Waals surface area contributed by atoms with E-state index >= 15 is 0 Å². The van der Waals surface area contributed by atoms with Crippen LogP contribution in [0.1, 0.15) is 13.3 Å². The van der Waals surface area contributed by atoms with Crippen molar-refractivity contribution in [3.05, 3.63) is 0 Å². The van der Waals surface area contributed by atoms with Gasteiger partial charge in [-0.1, -0.05) is 0 Å². The van der Waals surface area contributed by atoms with Gasteiger partial charge in [-0.2, -0.15) is 13.2 Å². The predicted molar refractivity (Wildman–Crippen MR) is 57.3 cm³/mol. The van der Waals surface area contributed by atoms with E-state index in [9.17, 15) is 18.0 Å². The number of amides is 1. The fourth-order valence-corrected chi connectivity index (χ4v) is 1.81. The Hall–Kier alpha value is -0.820. The highest BCUT2D eigenvalue weighted by Crippen LogP contribution is 2.17. The molecule has 100 valence electrons. The van der Waals surface area contributed by atoms with Crippen LogP contribution < -0.4 is 5.73 Å². The van der Waals surface area contributed by atoms with Crippen molar-refractivity contribution < 1.29 is 18.0 Å². The number of carbonyl (C=O) groups is 1. The molecule has 1 fully saturated rings. The lowest BCUT2D eigenvalue weighted by Gasteiger charge is -2.35. The van der Waals surface area contributed by atoms with Crippen LogP contribution in [0.4, 0.5) is 13.2 Å². The smallest absolute Gasteiger partial charge is 0.340 e. The molecule has 0 radical (unpaired) electrons. The van der Waals surface area contributed by atoms with E-state index in [0.717, 1.165) is 0 Å². The summed E-state index contributed by atoms with van der Waals surface area (Å²) in [5, 5.41) is 0. The number of nitrogens with two attached hydrogens (primary N) is 1. The van der Waals surface area contributed by atoms with Crippen LogP contribution in [0.25, 0.3) is 0 Å². The van der Waals surface area contributed by atoms with E-state index in [-0.39, 0.29) is 31.5 Å². The van der Waals surface area contributed by atoms with E-state index in [1.807, 2.05) is 0 Å². The van der Waals surface area contributed by atoms with Gasteiger partial charge in [0.1, 0.15) is 0 Å². The van der Waals surface area contributed by atoms with Gasteiger partial charge in [0, 0.05) is 38.6 Å².